The predicted octanol–water partition coefficient (Wildman–Crippen LogP) is 9.51. The lowest BCUT2D eigenvalue weighted by atomic mass is 10.1. The van der Waals surface area contributed by atoms with Gasteiger partial charge in [-0.05, 0) is 60.0 Å². The molecule has 4 aromatic carbocycles. The Kier molecular flexibility index (Phi) is 11.7. The van der Waals surface area contributed by atoms with Gasteiger partial charge in [-0.15, -0.1) is 23.1 Å². The van der Waals surface area contributed by atoms with Gasteiger partial charge < -0.3 is 16.0 Å². The van der Waals surface area contributed by atoms with Gasteiger partial charge in [0.05, 0.1) is 20.9 Å². The first-order valence-corrected chi connectivity index (χ1v) is 17.3. The van der Waals surface area contributed by atoms with Crippen LogP contribution < -0.4 is 16.0 Å². The highest BCUT2D eigenvalue weighted by molar-refractivity contribution is 8.00. The number of nitriles is 1. The third-order valence-electron chi connectivity index (χ3n) is 7.07. The van der Waals surface area contributed by atoms with E-state index in [1.165, 1.54) is 29.2 Å². The van der Waals surface area contributed by atoms with Gasteiger partial charge >= 0.3 is 0 Å². The number of thiophene rings is 1. The number of nitrogens with zero attached hydrogens (tertiary/aromatic N) is 1. The average Bonchev–Trinajstić information content (AvgIpc) is 3.51. The van der Waals surface area contributed by atoms with Gasteiger partial charge in [-0.1, -0.05) is 96.9 Å². The normalized spacial score (nSPS) is 11.7. The zero-order valence-electron chi connectivity index (χ0n) is 25.5. The van der Waals surface area contributed by atoms with Crippen molar-refractivity contribution in [1.82, 2.24) is 5.32 Å². The van der Waals surface area contributed by atoms with E-state index >= 15 is 0 Å². The molecule has 5 aromatic rings. The van der Waals surface area contributed by atoms with Crippen LogP contribution >= 0.6 is 46.3 Å². The first kappa shape index (κ1) is 34.5. The topological polar surface area (TPSA) is 111 Å². The van der Waals surface area contributed by atoms with Gasteiger partial charge in [0.2, 0.25) is 5.91 Å². The van der Waals surface area contributed by atoms with Crippen molar-refractivity contribution in [3.8, 4) is 17.2 Å². The number of halogens is 2. The minimum Gasteiger partial charge on any atom is -0.321 e. The molecule has 0 aliphatic carbocycles. The van der Waals surface area contributed by atoms with Gasteiger partial charge in [0.1, 0.15) is 16.8 Å². The van der Waals surface area contributed by atoms with Crippen LogP contribution in [0.4, 0.5) is 10.7 Å². The van der Waals surface area contributed by atoms with Crippen LogP contribution in [0.25, 0.3) is 17.2 Å². The second-order valence-electron chi connectivity index (χ2n) is 10.3. The average molecular weight is 712 g/mol. The molecule has 11 heteroatoms. The van der Waals surface area contributed by atoms with E-state index in [0.717, 1.165) is 16.0 Å². The fraction of sp³-hybridized carbons (Fsp3) is 0.0811. The summed E-state index contributed by atoms with van der Waals surface area (Å²) >= 11 is 15.2. The van der Waals surface area contributed by atoms with Crippen molar-refractivity contribution in [3.05, 3.63) is 141 Å². The molecule has 0 aliphatic heterocycles. The summed E-state index contributed by atoms with van der Waals surface area (Å²) in [4.78, 5) is 40.7. The van der Waals surface area contributed by atoms with E-state index in [-0.39, 0.29) is 16.6 Å². The number of thioether (sulfide) groups is 1. The lowest BCUT2D eigenvalue weighted by Crippen LogP contribution is -2.30. The maximum absolute atomic E-state index is 13.6. The summed E-state index contributed by atoms with van der Waals surface area (Å²) in [5.74, 6) is -1.29. The highest BCUT2D eigenvalue weighted by Gasteiger charge is 2.22. The molecule has 5 rings (SSSR count). The largest absolute Gasteiger partial charge is 0.321 e. The molecule has 0 saturated heterocycles. The van der Waals surface area contributed by atoms with Crippen LogP contribution in [-0.2, 0) is 9.59 Å². The molecule has 0 aliphatic rings. The van der Waals surface area contributed by atoms with Gasteiger partial charge in [-0.3, -0.25) is 14.4 Å². The van der Waals surface area contributed by atoms with Gasteiger partial charge in [0.15, 0.2) is 0 Å². The molecule has 1 atom stereocenters. The molecule has 3 amide bonds. The Bertz CT molecular complexity index is 2030. The number of hydrogen-bond acceptors (Lipinski definition) is 6. The predicted molar refractivity (Wildman–Crippen MR) is 196 cm³/mol. The molecule has 1 aromatic heterocycles. The van der Waals surface area contributed by atoms with E-state index in [1.807, 2.05) is 48.7 Å². The summed E-state index contributed by atoms with van der Waals surface area (Å²) in [6, 6.07) is 32.4. The van der Waals surface area contributed by atoms with E-state index in [1.54, 1.807) is 66.7 Å². The van der Waals surface area contributed by atoms with Gasteiger partial charge in [-0.2, -0.15) is 5.26 Å². The Morgan fingerprint density at radius 2 is 1.62 bits per heavy atom. The zero-order chi connectivity index (χ0) is 34.0. The fourth-order valence-electron chi connectivity index (χ4n) is 4.65. The van der Waals surface area contributed by atoms with E-state index in [0.29, 0.717) is 38.8 Å². The van der Waals surface area contributed by atoms with Crippen LogP contribution in [0.2, 0.25) is 10.0 Å². The number of hydrogen-bond donors (Lipinski definition) is 3. The quantitative estimate of drug-likeness (QED) is 0.0934. The molecule has 1 heterocycles. The summed E-state index contributed by atoms with van der Waals surface area (Å²) in [6.45, 7) is 1.91. The first-order chi connectivity index (χ1) is 23.3. The maximum Gasteiger partial charge on any atom is 0.272 e. The summed E-state index contributed by atoms with van der Waals surface area (Å²) in [5.41, 5.74) is 3.33. The van der Waals surface area contributed by atoms with Crippen LogP contribution in [0.3, 0.4) is 0 Å². The molecule has 7 nitrogen and oxygen atoms in total. The lowest BCUT2D eigenvalue weighted by Gasteiger charge is -2.16. The number of benzene rings is 4. The Hall–Kier alpha value is -4.85. The fourth-order valence-corrected chi connectivity index (χ4v) is 6.94. The molecule has 0 fully saturated rings. The molecule has 3 N–H and O–H groups in total. The summed E-state index contributed by atoms with van der Waals surface area (Å²) < 4.78 is 0. The number of amides is 3. The summed E-state index contributed by atoms with van der Waals surface area (Å²) in [7, 11) is 0. The second-order valence-corrected chi connectivity index (χ2v) is 13.3. The standard InChI is InChI=1S/C37H28Cl2N4O3S2/c1-2-32(36(46)43-37-28(21-40)29(22-47-37)23-11-5-3-6-12-23)48-27-17-10-16-26(20-27)41-35(45)31(19-25-15-9-18-30(38)33(25)39)42-34(44)24-13-7-4-8-14-24/h3-20,22,32H,2H2,1H3,(H,41,45)(H,42,44)(H,43,46)/b31-19+. The smallest absolute Gasteiger partial charge is 0.272 e. The zero-order valence-corrected chi connectivity index (χ0v) is 28.6. The molecular weight excluding hydrogens is 683 g/mol. The Morgan fingerprint density at radius 1 is 0.917 bits per heavy atom. The van der Waals surface area contributed by atoms with Crippen molar-refractivity contribution >= 4 is 80.8 Å². The van der Waals surface area contributed by atoms with Crippen LogP contribution in [0, 0.1) is 11.3 Å². The number of anilines is 2. The van der Waals surface area contributed by atoms with E-state index in [2.05, 4.69) is 22.0 Å². The second kappa shape index (κ2) is 16.3. The van der Waals surface area contributed by atoms with Crippen molar-refractivity contribution in [1.29, 1.82) is 5.26 Å². The van der Waals surface area contributed by atoms with Crippen LogP contribution in [0.1, 0.15) is 34.8 Å². The number of carbonyl (C=O) groups is 3. The first-order valence-electron chi connectivity index (χ1n) is 14.8. The van der Waals surface area contributed by atoms with Crippen molar-refractivity contribution < 1.29 is 14.4 Å². The van der Waals surface area contributed by atoms with Crippen LogP contribution in [0.5, 0.6) is 0 Å². The Balaban J connectivity index is 1.32. The molecule has 1 unspecified atom stereocenters. The van der Waals surface area contributed by atoms with Crippen molar-refractivity contribution in [2.75, 3.05) is 10.6 Å². The monoisotopic (exact) mass is 710 g/mol. The molecule has 0 saturated carbocycles. The minimum absolute atomic E-state index is 0.0454. The number of carbonyl (C=O) groups excluding carboxylic acids is 3. The Morgan fingerprint density at radius 3 is 2.33 bits per heavy atom. The summed E-state index contributed by atoms with van der Waals surface area (Å²) in [6.07, 6.45) is 1.98. The van der Waals surface area contributed by atoms with E-state index in [4.69, 9.17) is 23.2 Å². The van der Waals surface area contributed by atoms with Crippen molar-refractivity contribution in [2.24, 2.45) is 0 Å². The molecule has 48 heavy (non-hydrogen) atoms. The van der Waals surface area contributed by atoms with Crippen LogP contribution in [0.15, 0.2) is 119 Å². The lowest BCUT2D eigenvalue weighted by molar-refractivity contribution is -0.116. The SMILES string of the molecule is CCC(Sc1cccc(NC(=O)/C(=C\c2cccc(Cl)c2Cl)NC(=O)c2ccccc2)c1)C(=O)Nc1scc(-c2ccccc2)c1C#N. The molecular formula is C37H28Cl2N4O3S2. The Labute approximate surface area is 296 Å². The molecule has 0 spiro atoms. The third kappa shape index (κ3) is 8.54. The minimum atomic E-state index is -0.585. The highest BCUT2D eigenvalue weighted by atomic mass is 35.5. The third-order valence-corrected chi connectivity index (χ3v) is 10.2. The van der Waals surface area contributed by atoms with Gasteiger partial charge in [-0.25, -0.2) is 0 Å². The van der Waals surface area contributed by atoms with Crippen LogP contribution in [-0.4, -0.2) is 23.0 Å². The van der Waals surface area contributed by atoms with Crippen molar-refractivity contribution in [2.45, 2.75) is 23.5 Å². The van der Waals surface area contributed by atoms with Crippen molar-refractivity contribution in [3.63, 3.8) is 0 Å². The maximum atomic E-state index is 13.6. The summed E-state index contributed by atoms with van der Waals surface area (Å²) in [5, 5.41) is 20.8. The van der Waals surface area contributed by atoms with Gasteiger partial charge in [0.25, 0.3) is 11.8 Å². The highest BCUT2D eigenvalue weighted by Crippen LogP contribution is 2.36. The number of nitrogens with one attached hydrogen (secondary N) is 3. The van der Waals surface area contributed by atoms with E-state index < -0.39 is 17.1 Å². The number of rotatable bonds is 11. The molecule has 240 valence electrons. The van der Waals surface area contributed by atoms with E-state index in [9.17, 15) is 19.6 Å². The molecule has 0 bridgehead atoms. The molecule has 0 radical (unpaired) electrons. The van der Waals surface area contributed by atoms with Gasteiger partial charge in [0, 0.05) is 27.1 Å².